The second-order valence-electron chi connectivity index (χ2n) is 12.0. The van der Waals surface area contributed by atoms with Gasteiger partial charge in [0.15, 0.2) is 5.89 Å². The number of carboxylic acid groups (broad SMARTS) is 1. The molecule has 1 amide bonds. The molecule has 0 aliphatic carbocycles. The number of hydrogen-bond donors (Lipinski definition) is 1. The van der Waals surface area contributed by atoms with Gasteiger partial charge in [0.05, 0.1) is 53.0 Å². The highest BCUT2D eigenvalue weighted by Gasteiger charge is 2.47. The van der Waals surface area contributed by atoms with Crippen LogP contribution >= 0.6 is 0 Å². The summed E-state index contributed by atoms with van der Waals surface area (Å²) in [6, 6.07) is 5.77. The minimum Gasteiger partial charge on any atom is -0.493 e. The molecule has 3 atom stereocenters. The van der Waals surface area contributed by atoms with Gasteiger partial charge in [-0.05, 0) is 30.0 Å². The molecular formula is C30H45N4O5+. The summed E-state index contributed by atoms with van der Waals surface area (Å²) in [6.45, 7) is 5.99. The summed E-state index contributed by atoms with van der Waals surface area (Å²) < 4.78 is 12.0. The first-order chi connectivity index (χ1) is 18.7. The summed E-state index contributed by atoms with van der Waals surface area (Å²) >= 11 is 0. The second kappa shape index (κ2) is 13.0. The Morgan fingerprint density at radius 1 is 1.21 bits per heavy atom. The quantitative estimate of drug-likeness (QED) is 0.366. The van der Waals surface area contributed by atoms with Crippen LogP contribution in [0, 0.1) is 5.92 Å². The number of fused-ring (bicyclic) bond motifs is 1. The van der Waals surface area contributed by atoms with Crippen molar-refractivity contribution in [1.29, 1.82) is 0 Å². The van der Waals surface area contributed by atoms with Gasteiger partial charge in [0.25, 0.3) is 0 Å². The van der Waals surface area contributed by atoms with Crippen LogP contribution in [-0.2, 0) is 22.4 Å². The lowest BCUT2D eigenvalue weighted by atomic mass is 9.83. The zero-order valence-corrected chi connectivity index (χ0v) is 24.0. The normalized spacial score (nSPS) is 21.1. The molecule has 0 radical (unpaired) electrons. The molecule has 39 heavy (non-hydrogen) atoms. The Morgan fingerprint density at radius 2 is 2.00 bits per heavy atom. The molecule has 9 nitrogen and oxygen atoms in total. The number of aryl methyl sites for hydroxylation is 1. The number of aromatic nitrogens is 1. The Hall–Kier alpha value is -2.91. The molecule has 0 saturated carbocycles. The van der Waals surface area contributed by atoms with E-state index in [-0.39, 0.29) is 24.4 Å². The van der Waals surface area contributed by atoms with Gasteiger partial charge in [0, 0.05) is 50.9 Å². The van der Waals surface area contributed by atoms with Crippen LogP contribution in [0.1, 0.15) is 55.5 Å². The first-order valence-electron chi connectivity index (χ1n) is 14.4. The van der Waals surface area contributed by atoms with E-state index in [1.165, 1.54) is 6.26 Å². The van der Waals surface area contributed by atoms with E-state index >= 15 is 0 Å². The third-order valence-corrected chi connectivity index (χ3v) is 8.04. The summed E-state index contributed by atoms with van der Waals surface area (Å²) in [5.74, 6) is -0.105. The van der Waals surface area contributed by atoms with Crippen LogP contribution in [0.5, 0.6) is 5.75 Å². The van der Waals surface area contributed by atoms with Gasteiger partial charge in [-0.1, -0.05) is 25.5 Å². The molecular weight excluding hydrogens is 496 g/mol. The highest BCUT2D eigenvalue weighted by molar-refractivity contribution is 5.79. The molecule has 2 aliphatic rings. The molecule has 9 heteroatoms. The van der Waals surface area contributed by atoms with Crippen molar-refractivity contribution in [3.05, 3.63) is 47.7 Å². The van der Waals surface area contributed by atoms with Crippen LogP contribution in [0.25, 0.3) is 0 Å². The topological polar surface area (TPSA) is 96.1 Å². The predicted molar refractivity (Wildman–Crippen MR) is 149 cm³/mol. The predicted octanol–water partition coefficient (Wildman–Crippen LogP) is 3.44. The number of unbranched alkanes of at least 4 members (excludes halogenated alkanes) is 1. The molecule has 4 rings (SSSR count). The number of aliphatic carboxylic acids is 1. The number of amides is 1. The van der Waals surface area contributed by atoms with Crippen molar-refractivity contribution in [2.75, 3.05) is 60.5 Å². The van der Waals surface area contributed by atoms with Crippen LogP contribution in [0.3, 0.4) is 0 Å². The highest BCUT2D eigenvalue weighted by Crippen LogP contribution is 2.41. The lowest BCUT2D eigenvalue weighted by molar-refractivity contribution is -0.870. The monoisotopic (exact) mass is 541 g/mol. The Labute approximate surface area is 232 Å². The number of likely N-dealkylation sites (tertiary alicyclic amines) is 1. The summed E-state index contributed by atoms with van der Waals surface area (Å²) in [5.41, 5.74) is 2.14. The molecule has 1 saturated heterocycles. The van der Waals surface area contributed by atoms with Gasteiger partial charge in [-0.15, -0.1) is 0 Å². The standard InChI is InChI=1S/C30H44N4O5/c1-5-6-14-32(15-7-16-34(2,3)4)28(35)21-33-20-24(22-8-10-26-23(19-22)12-17-38-26)29(30(36)37)25(33)9-11-27-31-13-18-39-27/h8,10,13,18-19,24-25,29H,5-7,9,11-12,14-17,20-21H2,1-4H3/p+1. The lowest BCUT2D eigenvalue weighted by Crippen LogP contribution is -2.45. The number of ether oxygens (including phenoxy) is 1. The van der Waals surface area contributed by atoms with Crippen molar-refractivity contribution >= 4 is 11.9 Å². The number of rotatable bonds is 14. The lowest BCUT2D eigenvalue weighted by Gasteiger charge is -2.30. The van der Waals surface area contributed by atoms with E-state index in [0.717, 1.165) is 66.7 Å². The fourth-order valence-corrected chi connectivity index (χ4v) is 6.00. The van der Waals surface area contributed by atoms with E-state index in [1.807, 2.05) is 17.0 Å². The van der Waals surface area contributed by atoms with Crippen molar-refractivity contribution in [3.63, 3.8) is 0 Å². The first-order valence-corrected chi connectivity index (χ1v) is 14.4. The minimum atomic E-state index is -0.824. The highest BCUT2D eigenvalue weighted by atomic mass is 16.5. The molecule has 1 aromatic carbocycles. The molecule has 2 aromatic rings. The number of carbonyl (C=O) groups excluding carboxylic acids is 1. The van der Waals surface area contributed by atoms with Gasteiger partial charge >= 0.3 is 5.97 Å². The third-order valence-electron chi connectivity index (χ3n) is 8.04. The smallest absolute Gasteiger partial charge is 0.308 e. The molecule has 214 valence electrons. The van der Waals surface area contributed by atoms with Gasteiger partial charge in [0.1, 0.15) is 12.0 Å². The van der Waals surface area contributed by atoms with Gasteiger partial charge < -0.3 is 23.6 Å². The largest absolute Gasteiger partial charge is 0.493 e. The molecule has 3 unspecified atom stereocenters. The van der Waals surface area contributed by atoms with Crippen molar-refractivity contribution in [2.45, 2.75) is 57.4 Å². The Kier molecular flexibility index (Phi) is 9.67. The maximum absolute atomic E-state index is 13.7. The van der Waals surface area contributed by atoms with E-state index < -0.39 is 11.9 Å². The number of hydrogen-bond acceptors (Lipinski definition) is 6. The Balaban J connectivity index is 1.55. The molecule has 2 aliphatic heterocycles. The molecule has 1 N–H and O–H groups in total. The van der Waals surface area contributed by atoms with Gasteiger partial charge in [-0.3, -0.25) is 14.5 Å². The Morgan fingerprint density at radius 3 is 2.69 bits per heavy atom. The number of quaternary nitrogens is 1. The Bertz CT molecular complexity index is 1100. The number of carboxylic acids is 1. The van der Waals surface area contributed by atoms with Crippen molar-refractivity contribution in [2.24, 2.45) is 5.92 Å². The minimum absolute atomic E-state index is 0.0816. The average Bonchev–Trinajstić information content (AvgIpc) is 3.63. The first kappa shape index (κ1) is 29.1. The average molecular weight is 542 g/mol. The SMILES string of the molecule is CCCCN(CCC[N+](C)(C)C)C(=O)CN1CC(c2ccc3c(c2)CCO3)C(C(=O)O)C1CCc1ncco1. The maximum atomic E-state index is 13.7. The van der Waals surface area contributed by atoms with E-state index in [1.54, 1.807) is 6.20 Å². The van der Waals surface area contributed by atoms with E-state index in [4.69, 9.17) is 9.15 Å². The van der Waals surface area contributed by atoms with Crippen LogP contribution in [0.2, 0.25) is 0 Å². The molecule has 1 aromatic heterocycles. The number of nitrogens with zero attached hydrogens (tertiary/aromatic N) is 4. The second-order valence-corrected chi connectivity index (χ2v) is 12.0. The fraction of sp³-hybridized carbons (Fsp3) is 0.633. The van der Waals surface area contributed by atoms with Crippen LogP contribution in [0.4, 0.5) is 0 Å². The zero-order chi connectivity index (χ0) is 28.0. The summed E-state index contributed by atoms with van der Waals surface area (Å²) in [7, 11) is 6.49. The van der Waals surface area contributed by atoms with Crippen LogP contribution < -0.4 is 4.74 Å². The maximum Gasteiger partial charge on any atom is 0.308 e. The molecule has 0 spiro atoms. The van der Waals surface area contributed by atoms with Crippen LogP contribution in [0.15, 0.2) is 35.1 Å². The molecule has 1 fully saturated rings. The van der Waals surface area contributed by atoms with Crippen molar-refractivity contribution in [1.82, 2.24) is 14.8 Å². The number of carbonyl (C=O) groups is 2. The number of benzene rings is 1. The molecule has 0 bridgehead atoms. The van der Waals surface area contributed by atoms with Gasteiger partial charge in [-0.25, -0.2) is 4.98 Å². The summed E-state index contributed by atoms with van der Waals surface area (Å²) in [5, 5.41) is 10.4. The summed E-state index contributed by atoms with van der Waals surface area (Å²) in [6.07, 6.45) is 7.99. The van der Waals surface area contributed by atoms with E-state index in [9.17, 15) is 14.7 Å². The fourth-order valence-electron chi connectivity index (χ4n) is 6.00. The van der Waals surface area contributed by atoms with Crippen LogP contribution in [-0.4, -0.2) is 103 Å². The summed E-state index contributed by atoms with van der Waals surface area (Å²) in [4.78, 5) is 34.8. The zero-order valence-electron chi connectivity index (χ0n) is 24.0. The number of oxazole rings is 1. The van der Waals surface area contributed by atoms with Crippen molar-refractivity contribution < 1.29 is 28.3 Å². The van der Waals surface area contributed by atoms with Crippen molar-refractivity contribution in [3.8, 4) is 5.75 Å². The third kappa shape index (κ3) is 7.60. The van der Waals surface area contributed by atoms with E-state index in [0.29, 0.717) is 31.9 Å². The van der Waals surface area contributed by atoms with Gasteiger partial charge in [-0.2, -0.15) is 0 Å². The van der Waals surface area contributed by atoms with Gasteiger partial charge in [0.2, 0.25) is 5.91 Å². The molecule has 3 heterocycles. The van der Waals surface area contributed by atoms with E-state index in [2.05, 4.69) is 44.0 Å².